The van der Waals surface area contributed by atoms with Crippen LogP contribution in [0.25, 0.3) is 21.0 Å². The number of nitrogens with one attached hydrogen (secondary N) is 1. The van der Waals surface area contributed by atoms with Crippen molar-refractivity contribution in [3.8, 4) is 0 Å². The van der Waals surface area contributed by atoms with Gasteiger partial charge in [0.05, 0.1) is 20.8 Å². The van der Waals surface area contributed by atoms with Crippen LogP contribution >= 0.6 is 34.5 Å². The first kappa shape index (κ1) is 15.4. The molecule has 6 heteroatoms. The summed E-state index contributed by atoms with van der Waals surface area (Å²) in [6.45, 7) is 0. The number of fused-ring (bicyclic) bond motifs is 3. The zero-order valence-electron chi connectivity index (χ0n) is 12.2. The van der Waals surface area contributed by atoms with E-state index >= 15 is 0 Å². The Labute approximate surface area is 151 Å². The van der Waals surface area contributed by atoms with Crippen LogP contribution in [0.1, 0.15) is 10.4 Å². The number of thiazole rings is 1. The molecule has 0 aliphatic carbocycles. The van der Waals surface area contributed by atoms with E-state index in [-0.39, 0.29) is 5.91 Å². The van der Waals surface area contributed by atoms with Crippen molar-refractivity contribution in [2.24, 2.45) is 0 Å². The van der Waals surface area contributed by atoms with E-state index in [0.29, 0.717) is 20.7 Å². The average molecular weight is 373 g/mol. The number of hydrogen-bond donors (Lipinski definition) is 1. The molecule has 1 amide bonds. The van der Waals surface area contributed by atoms with E-state index in [1.165, 1.54) is 11.3 Å². The van der Waals surface area contributed by atoms with Gasteiger partial charge in [0.25, 0.3) is 5.91 Å². The Morgan fingerprint density at radius 3 is 2.71 bits per heavy atom. The van der Waals surface area contributed by atoms with Gasteiger partial charge in [0, 0.05) is 10.4 Å². The zero-order chi connectivity index (χ0) is 16.7. The van der Waals surface area contributed by atoms with Crippen molar-refractivity contribution in [3.05, 3.63) is 70.2 Å². The molecule has 0 radical (unpaired) electrons. The highest BCUT2D eigenvalue weighted by atomic mass is 35.5. The second-order valence-corrected chi connectivity index (χ2v) is 7.07. The average Bonchev–Trinajstić information content (AvgIpc) is 2.97. The summed E-state index contributed by atoms with van der Waals surface area (Å²) in [5, 5.41) is 6.42. The van der Waals surface area contributed by atoms with Gasteiger partial charge in [-0.25, -0.2) is 4.98 Å². The van der Waals surface area contributed by atoms with E-state index in [1.54, 1.807) is 18.2 Å². The molecule has 1 N–H and O–H groups in total. The topological polar surface area (TPSA) is 42.0 Å². The van der Waals surface area contributed by atoms with Crippen LogP contribution in [-0.4, -0.2) is 10.9 Å². The summed E-state index contributed by atoms with van der Waals surface area (Å²) in [6.07, 6.45) is 0. The Balaban J connectivity index is 1.72. The van der Waals surface area contributed by atoms with Gasteiger partial charge < -0.3 is 0 Å². The monoisotopic (exact) mass is 372 g/mol. The first-order chi connectivity index (χ1) is 11.6. The van der Waals surface area contributed by atoms with Crippen molar-refractivity contribution in [1.29, 1.82) is 0 Å². The van der Waals surface area contributed by atoms with Crippen LogP contribution in [0.5, 0.6) is 0 Å². The number of benzene rings is 3. The van der Waals surface area contributed by atoms with Gasteiger partial charge in [0.15, 0.2) is 5.13 Å². The SMILES string of the molecule is O=C(Nc1nc2ccc3ccccc3c2s1)c1ccc(Cl)cc1Cl. The lowest BCUT2D eigenvalue weighted by atomic mass is 10.1. The minimum absolute atomic E-state index is 0.306. The minimum Gasteiger partial charge on any atom is -0.298 e. The highest BCUT2D eigenvalue weighted by Gasteiger charge is 2.14. The molecule has 118 valence electrons. The third-order valence-corrected chi connectivity index (χ3v) is 5.24. The predicted octanol–water partition coefficient (Wildman–Crippen LogP) is 6.01. The van der Waals surface area contributed by atoms with E-state index in [2.05, 4.69) is 22.4 Å². The first-order valence-electron chi connectivity index (χ1n) is 7.16. The molecular weight excluding hydrogens is 363 g/mol. The number of hydrogen-bond acceptors (Lipinski definition) is 3. The standard InChI is InChI=1S/C18H10Cl2N2OS/c19-11-6-7-13(14(20)9-11)17(23)22-18-21-15-8-5-10-3-1-2-4-12(10)16(15)24-18/h1-9H,(H,21,22,23). The third kappa shape index (κ3) is 2.73. The maximum absolute atomic E-state index is 12.4. The highest BCUT2D eigenvalue weighted by molar-refractivity contribution is 7.23. The molecule has 0 bridgehead atoms. The van der Waals surface area contributed by atoms with Gasteiger partial charge in [0.1, 0.15) is 0 Å². The number of aromatic nitrogens is 1. The van der Waals surface area contributed by atoms with Gasteiger partial charge in [0.2, 0.25) is 0 Å². The van der Waals surface area contributed by atoms with E-state index in [4.69, 9.17) is 23.2 Å². The van der Waals surface area contributed by atoms with Crippen LogP contribution in [-0.2, 0) is 0 Å². The summed E-state index contributed by atoms with van der Waals surface area (Å²) in [5.74, 6) is -0.306. The zero-order valence-corrected chi connectivity index (χ0v) is 14.5. The van der Waals surface area contributed by atoms with Crippen molar-refractivity contribution >= 4 is 66.6 Å². The van der Waals surface area contributed by atoms with Crippen LogP contribution < -0.4 is 5.32 Å². The summed E-state index contributed by atoms with van der Waals surface area (Å²) in [4.78, 5) is 16.9. The second kappa shape index (κ2) is 6.06. The lowest BCUT2D eigenvalue weighted by Gasteiger charge is -2.04. The maximum Gasteiger partial charge on any atom is 0.258 e. The van der Waals surface area contributed by atoms with E-state index < -0.39 is 0 Å². The fourth-order valence-corrected chi connectivity index (χ4v) is 4.04. The Morgan fingerprint density at radius 1 is 1.04 bits per heavy atom. The molecular formula is C18H10Cl2N2OS. The molecule has 0 unspecified atom stereocenters. The molecule has 1 heterocycles. The predicted molar refractivity (Wildman–Crippen MR) is 102 cm³/mol. The molecule has 1 aromatic heterocycles. The van der Waals surface area contributed by atoms with Crippen molar-refractivity contribution in [2.75, 3.05) is 5.32 Å². The van der Waals surface area contributed by atoms with Crippen LogP contribution in [0, 0.1) is 0 Å². The summed E-state index contributed by atoms with van der Waals surface area (Å²) >= 11 is 13.4. The Kier molecular flexibility index (Phi) is 3.88. The molecule has 3 nitrogen and oxygen atoms in total. The van der Waals surface area contributed by atoms with Crippen LogP contribution in [0.3, 0.4) is 0 Å². The van der Waals surface area contributed by atoms with Crippen LogP contribution in [0.15, 0.2) is 54.6 Å². The highest BCUT2D eigenvalue weighted by Crippen LogP contribution is 2.33. The van der Waals surface area contributed by atoms with Crippen LogP contribution in [0.4, 0.5) is 5.13 Å². The Hall–Kier alpha value is -2.14. The van der Waals surface area contributed by atoms with E-state index in [1.807, 2.05) is 24.3 Å². The quantitative estimate of drug-likeness (QED) is 0.468. The number of amides is 1. The maximum atomic E-state index is 12.4. The molecule has 0 aliphatic rings. The van der Waals surface area contributed by atoms with Gasteiger partial charge in [-0.3, -0.25) is 10.1 Å². The van der Waals surface area contributed by atoms with Crippen LogP contribution in [0.2, 0.25) is 10.0 Å². The molecule has 0 fully saturated rings. The smallest absolute Gasteiger partial charge is 0.258 e. The Bertz CT molecular complexity index is 1090. The largest absolute Gasteiger partial charge is 0.298 e. The number of rotatable bonds is 2. The van der Waals surface area contributed by atoms with Crippen molar-refractivity contribution in [2.45, 2.75) is 0 Å². The minimum atomic E-state index is -0.306. The first-order valence-corrected chi connectivity index (χ1v) is 8.74. The molecule has 3 aromatic carbocycles. The van der Waals surface area contributed by atoms with Crippen molar-refractivity contribution < 1.29 is 4.79 Å². The summed E-state index contributed by atoms with van der Waals surface area (Å²) < 4.78 is 1.05. The van der Waals surface area contributed by atoms with Gasteiger partial charge in [-0.05, 0) is 29.7 Å². The Morgan fingerprint density at radius 2 is 1.88 bits per heavy atom. The summed E-state index contributed by atoms with van der Waals surface area (Å²) in [7, 11) is 0. The number of carbonyl (C=O) groups excluding carboxylic acids is 1. The molecule has 24 heavy (non-hydrogen) atoms. The fraction of sp³-hybridized carbons (Fsp3) is 0. The number of anilines is 1. The normalized spacial score (nSPS) is 11.1. The third-order valence-electron chi connectivity index (χ3n) is 3.68. The van der Waals surface area contributed by atoms with Gasteiger partial charge >= 0.3 is 0 Å². The number of nitrogens with zero attached hydrogens (tertiary/aromatic N) is 1. The molecule has 0 aliphatic heterocycles. The van der Waals surface area contributed by atoms with E-state index in [0.717, 1.165) is 21.0 Å². The second-order valence-electron chi connectivity index (χ2n) is 5.23. The van der Waals surface area contributed by atoms with E-state index in [9.17, 15) is 4.79 Å². The lowest BCUT2D eigenvalue weighted by Crippen LogP contribution is -2.12. The lowest BCUT2D eigenvalue weighted by molar-refractivity contribution is 0.102. The molecule has 0 saturated heterocycles. The molecule has 4 rings (SSSR count). The molecule has 0 atom stereocenters. The van der Waals surface area contributed by atoms with Gasteiger partial charge in [-0.2, -0.15) is 0 Å². The van der Waals surface area contributed by atoms with Gasteiger partial charge in [-0.1, -0.05) is 64.9 Å². The summed E-state index contributed by atoms with van der Waals surface area (Å²) in [5.41, 5.74) is 1.22. The molecule has 4 aromatic rings. The summed E-state index contributed by atoms with van der Waals surface area (Å²) in [6, 6.07) is 16.9. The molecule has 0 spiro atoms. The number of halogens is 2. The molecule has 0 saturated carbocycles. The van der Waals surface area contributed by atoms with Crippen molar-refractivity contribution in [1.82, 2.24) is 4.98 Å². The van der Waals surface area contributed by atoms with Gasteiger partial charge in [-0.15, -0.1) is 0 Å². The van der Waals surface area contributed by atoms with Crippen molar-refractivity contribution in [3.63, 3.8) is 0 Å². The number of carbonyl (C=O) groups is 1. The fourth-order valence-electron chi connectivity index (χ4n) is 2.55.